The number of halogens is 1. The summed E-state index contributed by atoms with van der Waals surface area (Å²) in [5.41, 5.74) is 3.69. The number of nitriles is 1. The maximum atomic E-state index is 12.5. The second-order valence-electron chi connectivity index (χ2n) is 6.40. The molecule has 2 aromatic carbocycles. The van der Waals surface area contributed by atoms with Crippen LogP contribution in [-0.2, 0) is 11.3 Å². The fourth-order valence-electron chi connectivity index (χ4n) is 3.32. The highest BCUT2D eigenvalue weighted by molar-refractivity contribution is 5.95. The van der Waals surface area contributed by atoms with Gasteiger partial charge in [-0.3, -0.25) is 5.32 Å². The molecule has 0 bridgehead atoms. The summed E-state index contributed by atoms with van der Waals surface area (Å²) >= 11 is 0. The van der Waals surface area contributed by atoms with Crippen LogP contribution in [0, 0.1) is 11.3 Å². The average Bonchev–Trinajstić information content (AvgIpc) is 3.05. The number of methoxy groups -OCH3 is 1. The van der Waals surface area contributed by atoms with E-state index in [0.717, 1.165) is 28.6 Å². The number of nitrogens with zero attached hydrogens (tertiary/aromatic N) is 2. The lowest BCUT2D eigenvalue weighted by atomic mass is 10.1. The van der Waals surface area contributed by atoms with Gasteiger partial charge in [0.1, 0.15) is 25.1 Å². The zero-order valence-corrected chi connectivity index (χ0v) is 16.4. The Morgan fingerprint density at radius 1 is 1.24 bits per heavy atom. The maximum absolute atomic E-state index is 12.5. The van der Waals surface area contributed by atoms with Gasteiger partial charge in [0, 0.05) is 23.7 Å². The largest absolute Gasteiger partial charge is 0.491 e. The molecule has 0 spiro atoms. The molecule has 3 rings (SSSR count). The fraction of sp³-hybridized carbons (Fsp3) is 0.273. The van der Waals surface area contributed by atoms with Crippen molar-refractivity contribution in [1.82, 2.24) is 4.57 Å². The molecule has 0 fully saturated rings. The molecule has 0 radical (unpaired) electrons. The Labute approximate surface area is 168 Å². The summed E-state index contributed by atoms with van der Waals surface area (Å²) in [5.74, 6) is 0.568. The van der Waals surface area contributed by atoms with E-state index in [4.69, 9.17) is 4.74 Å². The van der Waals surface area contributed by atoms with E-state index in [1.807, 2.05) is 24.3 Å². The van der Waals surface area contributed by atoms with E-state index in [9.17, 15) is 14.4 Å². The number of nitrogens with one attached hydrogen (secondary N) is 1. The van der Waals surface area contributed by atoms with Crippen molar-refractivity contribution in [3.8, 4) is 23.1 Å². The number of carbonyl (C=O) groups is 1. The van der Waals surface area contributed by atoms with E-state index in [-0.39, 0.29) is 6.61 Å². The first-order valence-corrected chi connectivity index (χ1v) is 9.33. The Bertz CT molecular complexity index is 1050. The van der Waals surface area contributed by atoms with Crippen molar-refractivity contribution in [1.29, 1.82) is 5.26 Å². The zero-order valence-electron chi connectivity index (χ0n) is 16.4. The lowest BCUT2D eigenvalue weighted by Crippen LogP contribution is -2.10. The molecule has 3 aromatic rings. The first-order valence-electron chi connectivity index (χ1n) is 9.33. The second kappa shape index (κ2) is 9.11. The van der Waals surface area contributed by atoms with Crippen LogP contribution in [0.4, 0.5) is 14.9 Å². The van der Waals surface area contributed by atoms with Crippen LogP contribution < -0.4 is 10.1 Å². The third-order valence-electron chi connectivity index (χ3n) is 4.53. The van der Waals surface area contributed by atoms with Gasteiger partial charge in [0.05, 0.1) is 23.9 Å². The highest BCUT2D eigenvalue weighted by Crippen LogP contribution is 2.36. The molecule has 0 saturated carbocycles. The smallest absolute Gasteiger partial charge is 0.411 e. The number of benzene rings is 2. The molecule has 6 nitrogen and oxygen atoms in total. The van der Waals surface area contributed by atoms with Crippen LogP contribution in [0.3, 0.4) is 0 Å². The monoisotopic (exact) mass is 395 g/mol. The SMILES string of the molecule is CCCn1c(-c2ccc(NC(=O)OC)cc2)c(C#N)c2ccc(OCCF)cc21. The van der Waals surface area contributed by atoms with Gasteiger partial charge in [-0.1, -0.05) is 19.1 Å². The first kappa shape index (κ1) is 20.2. The van der Waals surface area contributed by atoms with E-state index in [0.29, 0.717) is 23.5 Å². The summed E-state index contributed by atoms with van der Waals surface area (Å²) < 4.78 is 24.6. The Balaban J connectivity index is 2.11. The van der Waals surface area contributed by atoms with E-state index in [1.54, 1.807) is 18.2 Å². The summed E-state index contributed by atoms with van der Waals surface area (Å²) in [6.07, 6.45) is 0.329. The Hall–Kier alpha value is -3.53. The number of fused-ring (bicyclic) bond motifs is 1. The summed E-state index contributed by atoms with van der Waals surface area (Å²) in [7, 11) is 1.30. The van der Waals surface area contributed by atoms with E-state index in [1.165, 1.54) is 7.11 Å². The van der Waals surface area contributed by atoms with Crippen molar-refractivity contribution in [2.45, 2.75) is 19.9 Å². The minimum atomic E-state index is -0.561. The molecule has 1 amide bonds. The van der Waals surface area contributed by atoms with Gasteiger partial charge >= 0.3 is 6.09 Å². The number of anilines is 1. The highest BCUT2D eigenvalue weighted by Gasteiger charge is 2.19. The van der Waals surface area contributed by atoms with Gasteiger partial charge in [-0.25, -0.2) is 9.18 Å². The molecule has 0 aliphatic carbocycles. The standard InChI is InChI=1S/C22H22FN3O3/c1-3-11-26-20-13-17(29-12-10-23)8-9-18(20)19(14-24)21(26)15-4-6-16(7-5-15)25-22(27)28-2/h4-9,13H,3,10-12H2,1-2H3,(H,25,27). The predicted molar refractivity (Wildman–Crippen MR) is 110 cm³/mol. The number of carbonyl (C=O) groups excluding carboxylic acids is 1. The minimum Gasteiger partial charge on any atom is -0.491 e. The summed E-state index contributed by atoms with van der Waals surface area (Å²) in [5, 5.41) is 13.3. The van der Waals surface area contributed by atoms with Gasteiger partial charge in [0.15, 0.2) is 0 Å². The Morgan fingerprint density at radius 3 is 2.62 bits per heavy atom. The van der Waals surface area contributed by atoms with Crippen molar-refractivity contribution >= 4 is 22.7 Å². The molecular formula is C22H22FN3O3. The number of ether oxygens (including phenoxy) is 2. The van der Waals surface area contributed by atoms with Crippen LogP contribution >= 0.6 is 0 Å². The molecule has 1 heterocycles. The van der Waals surface area contributed by atoms with Gasteiger partial charge in [-0.05, 0) is 36.2 Å². The fourth-order valence-corrected chi connectivity index (χ4v) is 3.32. The average molecular weight is 395 g/mol. The Morgan fingerprint density at radius 2 is 2.00 bits per heavy atom. The molecule has 1 aromatic heterocycles. The molecular weight excluding hydrogens is 373 g/mol. The number of hydrogen-bond acceptors (Lipinski definition) is 4. The molecule has 0 aliphatic heterocycles. The molecule has 0 unspecified atom stereocenters. The van der Waals surface area contributed by atoms with Crippen LogP contribution in [0.1, 0.15) is 18.9 Å². The number of alkyl halides is 1. The second-order valence-corrected chi connectivity index (χ2v) is 6.40. The van der Waals surface area contributed by atoms with E-state index < -0.39 is 12.8 Å². The Kier molecular flexibility index (Phi) is 6.35. The van der Waals surface area contributed by atoms with Crippen LogP contribution in [-0.4, -0.2) is 31.1 Å². The molecule has 29 heavy (non-hydrogen) atoms. The van der Waals surface area contributed by atoms with E-state index in [2.05, 4.69) is 27.6 Å². The van der Waals surface area contributed by atoms with E-state index >= 15 is 0 Å². The number of hydrogen-bond donors (Lipinski definition) is 1. The summed E-state index contributed by atoms with van der Waals surface area (Å²) in [6, 6.07) is 15.0. The number of aromatic nitrogens is 1. The lowest BCUT2D eigenvalue weighted by molar-refractivity contribution is 0.187. The quantitative estimate of drug-likeness (QED) is 0.603. The minimum absolute atomic E-state index is 0.00733. The summed E-state index contributed by atoms with van der Waals surface area (Å²) in [4.78, 5) is 11.4. The summed E-state index contributed by atoms with van der Waals surface area (Å²) in [6.45, 7) is 2.21. The van der Waals surface area contributed by atoms with Gasteiger partial charge in [0.25, 0.3) is 0 Å². The predicted octanol–water partition coefficient (Wildman–Crippen LogP) is 5.12. The lowest BCUT2D eigenvalue weighted by Gasteiger charge is -2.12. The van der Waals surface area contributed by atoms with Crippen molar-refractivity contribution in [2.24, 2.45) is 0 Å². The van der Waals surface area contributed by atoms with Crippen LogP contribution in [0.2, 0.25) is 0 Å². The van der Waals surface area contributed by atoms with Crippen LogP contribution in [0.15, 0.2) is 42.5 Å². The number of amides is 1. The van der Waals surface area contributed by atoms with Gasteiger partial charge < -0.3 is 14.0 Å². The van der Waals surface area contributed by atoms with Gasteiger partial charge in [-0.15, -0.1) is 0 Å². The zero-order chi connectivity index (χ0) is 20.8. The topological polar surface area (TPSA) is 76.3 Å². The molecule has 0 saturated heterocycles. The third-order valence-corrected chi connectivity index (χ3v) is 4.53. The maximum Gasteiger partial charge on any atom is 0.411 e. The van der Waals surface area contributed by atoms with Gasteiger partial charge in [-0.2, -0.15) is 5.26 Å². The highest BCUT2D eigenvalue weighted by atomic mass is 19.1. The van der Waals surface area contributed by atoms with Crippen molar-refractivity contribution in [2.75, 3.05) is 25.7 Å². The molecule has 1 N–H and O–H groups in total. The van der Waals surface area contributed by atoms with Crippen LogP contribution in [0.5, 0.6) is 5.75 Å². The molecule has 150 valence electrons. The molecule has 7 heteroatoms. The van der Waals surface area contributed by atoms with Crippen molar-refractivity contribution < 1.29 is 18.7 Å². The number of aryl methyl sites for hydroxylation is 1. The third kappa shape index (κ3) is 4.16. The molecule has 0 atom stereocenters. The van der Waals surface area contributed by atoms with Crippen LogP contribution in [0.25, 0.3) is 22.2 Å². The number of rotatable bonds is 7. The van der Waals surface area contributed by atoms with Gasteiger partial charge in [0.2, 0.25) is 0 Å². The van der Waals surface area contributed by atoms with Crippen molar-refractivity contribution in [3.63, 3.8) is 0 Å². The van der Waals surface area contributed by atoms with Crippen molar-refractivity contribution in [3.05, 3.63) is 48.0 Å². The molecule has 0 aliphatic rings. The normalized spacial score (nSPS) is 10.6. The first-order chi connectivity index (χ1) is 14.1.